The Labute approximate surface area is 111 Å². The fourth-order valence-electron chi connectivity index (χ4n) is 3.13. The van der Waals surface area contributed by atoms with E-state index in [9.17, 15) is 0 Å². The van der Waals surface area contributed by atoms with Gasteiger partial charge in [-0.3, -0.25) is 0 Å². The molecule has 0 fully saturated rings. The number of hydrogen-bond acceptors (Lipinski definition) is 1. The van der Waals surface area contributed by atoms with Crippen LogP contribution in [0.2, 0.25) is 16.1 Å². The molecular formula is C13H25BrOSi. The van der Waals surface area contributed by atoms with Crippen LogP contribution in [0, 0.1) is 10.8 Å². The van der Waals surface area contributed by atoms with Crippen molar-refractivity contribution in [1.82, 2.24) is 0 Å². The van der Waals surface area contributed by atoms with E-state index >= 15 is 0 Å². The van der Waals surface area contributed by atoms with Crippen molar-refractivity contribution in [2.45, 2.75) is 64.6 Å². The molecule has 0 aromatic carbocycles. The van der Waals surface area contributed by atoms with Gasteiger partial charge in [-0.05, 0) is 21.0 Å². The molecule has 0 aromatic rings. The van der Waals surface area contributed by atoms with Crippen molar-refractivity contribution in [2.24, 2.45) is 0 Å². The van der Waals surface area contributed by atoms with Crippen molar-refractivity contribution in [2.75, 3.05) is 6.61 Å². The van der Waals surface area contributed by atoms with Crippen LogP contribution in [0.5, 0.6) is 0 Å². The first-order valence-electron chi connectivity index (χ1n) is 5.92. The summed E-state index contributed by atoms with van der Waals surface area (Å²) in [5, 5.41) is 0.239. The van der Waals surface area contributed by atoms with Crippen LogP contribution in [0.25, 0.3) is 0 Å². The van der Waals surface area contributed by atoms with E-state index in [4.69, 9.17) is 4.43 Å². The number of halogens is 1. The highest BCUT2D eigenvalue weighted by molar-refractivity contribution is 9.12. The van der Waals surface area contributed by atoms with Gasteiger partial charge >= 0.3 is 0 Å². The van der Waals surface area contributed by atoms with Gasteiger partial charge in [0.1, 0.15) is 0 Å². The molecule has 0 aromatic heterocycles. The van der Waals surface area contributed by atoms with Crippen LogP contribution in [-0.2, 0) is 4.43 Å². The van der Waals surface area contributed by atoms with Crippen molar-refractivity contribution in [3.63, 3.8) is 0 Å². The Kier molecular flexibility index (Phi) is 6.32. The average molecular weight is 305 g/mol. The Morgan fingerprint density at radius 3 is 1.81 bits per heavy atom. The van der Waals surface area contributed by atoms with E-state index in [0.717, 1.165) is 0 Å². The zero-order valence-electron chi connectivity index (χ0n) is 11.6. The van der Waals surface area contributed by atoms with Crippen molar-refractivity contribution in [3.05, 3.63) is 0 Å². The van der Waals surface area contributed by atoms with E-state index in [1.165, 1.54) is 0 Å². The van der Waals surface area contributed by atoms with Crippen LogP contribution in [0.1, 0.15) is 48.5 Å². The Morgan fingerprint density at radius 1 is 1.12 bits per heavy atom. The highest BCUT2D eigenvalue weighted by atomic mass is 79.9. The Bertz CT molecular complexity index is 260. The Morgan fingerprint density at radius 2 is 1.56 bits per heavy atom. The summed E-state index contributed by atoms with van der Waals surface area (Å²) in [4.78, 5) is 2.73. The minimum Gasteiger partial charge on any atom is -0.405 e. The molecule has 0 radical (unpaired) electrons. The third-order valence-corrected chi connectivity index (χ3v) is 10.0. The van der Waals surface area contributed by atoms with Crippen LogP contribution in [-0.4, -0.2) is 14.9 Å². The maximum atomic E-state index is 6.29. The predicted octanol–water partition coefficient (Wildman–Crippen LogP) is 4.92. The Hall–Kier alpha value is 0.217. The lowest BCUT2D eigenvalue weighted by atomic mass is 10.2. The van der Waals surface area contributed by atoms with E-state index in [0.29, 0.717) is 17.7 Å². The number of hydrogen-bond donors (Lipinski definition) is 0. The lowest BCUT2D eigenvalue weighted by Gasteiger charge is -2.47. The smallest absolute Gasteiger partial charge is 0.204 e. The van der Waals surface area contributed by atoms with Gasteiger partial charge in [0.25, 0.3) is 0 Å². The molecule has 0 N–H and O–H groups in total. The topological polar surface area (TPSA) is 9.23 Å². The SMILES string of the molecule is CC(C)[Si](OCC#CBr)(C(C)C)C(C)(C)C. The van der Waals surface area contributed by atoms with Gasteiger partial charge in [0.2, 0.25) is 8.32 Å². The summed E-state index contributed by atoms with van der Waals surface area (Å²) in [6.45, 7) is 16.6. The summed E-state index contributed by atoms with van der Waals surface area (Å²) < 4.78 is 6.29. The van der Waals surface area contributed by atoms with Crippen molar-refractivity contribution >= 4 is 24.2 Å². The van der Waals surface area contributed by atoms with Crippen LogP contribution in [0.15, 0.2) is 0 Å². The van der Waals surface area contributed by atoms with Crippen LogP contribution in [0.3, 0.4) is 0 Å². The van der Waals surface area contributed by atoms with Crippen LogP contribution < -0.4 is 0 Å². The summed E-state index contributed by atoms with van der Waals surface area (Å²) in [6.07, 6.45) is 0. The maximum Gasteiger partial charge on any atom is 0.204 e. The van der Waals surface area contributed by atoms with Gasteiger partial charge in [-0.15, -0.1) is 0 Å². The van der Waals surface area contributed by atoms with Gasteiger partial charge in [-0.1, -0.05) is 54.4 Å². The standard InChI is InChI=1S/C13H25BrOSi/c1-11(2)16(12(3)4,13(5,6)7)15-10-8-9-14/h11-12H,10H2,1-7H3. The van der Waals surface area contributed by atoms with Gasteiger partial charge in [0.15, 0.2) is 0 Å². The summed E-state index contributed by atoms with van der Waals surface area (Å²) in [5.74, 6) is 2.96. The molecule has 0 amide bonds. The second-order valence-electron chi connectivity index (χ2n) is 5.91. The molecule has 0 aliphatic rings. The van der Waals surface area contributed by atoms with Gasteiger partial charge in [-0.2, -0.15) is 0 Å². The van der Waals surface area contributed by atoms with Crippen molar-refractivity contribution in [3.8, 4) is 10.8 Å². The van der Waals surface area contributed by atoms with Gasteiger partial charge in [-0.25, -0.2) is 0 Å². The molecule has 0 saturated heterocycles. The monoisotopic (exact) mass is 304 g/mol. The lowest BCUT2D eigenvalue weighted by Crippen LogP contribution is -2.52. The zero-order chi connectivity index (χ0) is 13.0. The molecule has 0 bridgehead atoms. The molecule has 0 aliphatic heterocycles. The lowest BCUT2D eigenvalue weighted by molar-refractivity contribution is 0.304. The van der Waals surface area contributed by atoms with E-state index in [-0.39, 0.29) is 5.04 Å². The largest absolute Gasteiger partial charge is 0.405 e. The summed E-state index contributed by atoms with van der Waals surface area (Å²) in [6, 6.07) is 0. The fraction of sp³-hybridized carbons (Fsp3) is 0.846. The first-order chi connectivity index (χ1) is 7.20. The van der Waals surface area contributed by atoms with Gasteiger partial charge in [0, 0.05) is 15.9 Å². The van der Waals surface area contributed by atoms with Gasteiger partial charge in [0.05, 0.1) is 6.61 Å². The van der Waals surface area contributed by atoms with E-state index in [2.05, 4.69) is 75.1 Å². The molecule has 0 aliphatic carbocycles. The quantitative estimate of drug-likeness (QED) is 0.529. The minimum absolute atomic E-state index is 0.239. The normalized spacial score (nSPS) is 12.9. The molecular weight excluding hydrogens is 280 g/mol. The van der Waals surface area contributed by atoms with Crippen LogP contribution in [0.4, 0.5) is 0 Å². The highest BCUT2D eigenvalue weighted by Gasteiger charge is 2.51. The van der Waals surface area contributed by atoms with Crippen molar-refractivity contribution in [1.29, 1.82) is 0 Å². The molecule has 0 heterocycles. The molecule has 0 rings (SSSR count). The second kappa shape index (κ2) is 6.23. The third-order valence-electron chi connectivity index (χ3n) is 3.34. The first-order valence-corrected chi connectivity index (χ1v) is 8.78. The summed E-state index contributed by atoms with van der Waals surface area (Å²) in [7, 11) is -1.81. The molecule has 0 saturated carbocycles. The van der Waals surface area contributed by atoms with E-state index < -0.39 is 8.32 Å². The molecule has 0 spiro atoms. The minimum atomic E-state index is -1.81. The van der Waals surface area contributed by atoms with Gasteiger partial charge < -0.3 is 4.43 Å². The van der Waals surface area contributed by atoms with Crippen LogP contribution >= 0.6 is 15.9 Å². The highest BCUT2D eigenvalue weighted by Crippen LogP contribution is 2.50. The average Bonchev–Trinajstić information content (AvgIpc) is 2.08. The number of rotatable bonds is 4. The van der Waals surface area contributed by atoms with E-state index in [1.807, 2.05) is 0 Å². The molecule has 0 atom stereocenters. The summed E-state index contributed by atoms with van der Waals surface area (Å²) >= 11 is 3.12. The van der Waals surface area contributed by atoms with E-state index in [1.54, 1.807) is 0 Å². The fourth-order valence-corrected chi connectivity index (χ4v) is 9.45. The first kappa shape index (κ1) is 16.2. The molecule has 1 nitrogen and oxygen atoms in total. The molecule has 16 heavy (non-hydrogen) atoms. The zero-order valence-corrected chi connectivity index (χ0v) is 14.2. The molecule has 0 unspecified atom stereocenters. The Balaban J connectivity index is 5.17. The molecule has 3 heteroatoms. The van der Waals surface area contributed by atoms with Crippen molar-refractivity contribution < 1.29 is 4.43 Å². The predicted molar refractivity (Wildman–Crippen MR) is 78.3 cm³/mol. The maximum absolute atomic E-state index is 6.29. The second-order valence-corrected chi connectivity index (χ2v) is 12.0. The molecule has 94 valence electrons. The summed E-state index contributed by atoms with van der Waals surface area (Å²) in [5.41, 5.74) is 1.20. The third kappa shape index (κ3) is 3.35.